The van der Waals surface area contributed by atoms with Crippen LogP contribution in [0.5, 0.6) is 0 Å². The van der Waals surface area contributed by atoms with Crippen LogP contribution in [0.3, 0.4) is 0 Å². The molecule has 0 aliphatic rings. The van der Waals surface area contributed by atoms with E-state index in [4.69, 9.17) is 9.84 Å². The predicted molar refractivity (Wildman–Crippen MR) is 68.7 cm³/mol. The third-order valence-corrected chi connectivity index (χ3v) is 3.49. The number of aromatic nitrogens is 3. The van der Waals surface area contributed by atoms with Gasteiger partial charge >= 0.3 is 5.97 Å². The summed E-state index contributed by atoms with van der Waals surface area (Å²) < 4.78 is 7.33. The van der Waals surface area contributed by atoms with E-state index < -0.39 is 11.6 Å². The smallest absolute Gasteiger partial charge is 0.313 e. The number of rotatable bonds is 7. The molecule has 0 aromatic carbocycles. The average Bonchev–Trinajstić information content (AvgIpc) is 2.71. The summed E-state index contributed by atoms with van der Waals surface area (Å²) in [6.07, 6.45) is 0.922. The molecule has 6 nitrogen and oxygen atoms in total. The SMILES string of the molecule is CCCn1c(SCC(=O)O)nnc1C(C)(C)OC. The van der Waals surface area contributed by atoms with Crippen LogP contribution in [0.1, 0.15) is 33.0 Å². The molecule has 7 heteroatoms. The van der Waals surface area contributed by atoms with Crippen molar-refractivity contribution < 1.29 is 14.6 Å². The van der Waals surface area contributed by atoms with Gasteiger partial charge in [0.25, 0.3) is 0 Å². The van der Waals surface area contributed by atoms with Crippen molar-refractivity contribution >= 4 is 17.7 Å². The number of hydrogen-bond acceptors (Lipinski definition) is 5. The zero-order chi connectivity index (χ0) is 13.8. The molecule has 0 amide bonds. The molecule has 18 heavy (non-hydrogen) atoms. The third kappa shape index (κ3) is 3.46. The van der Waals surface area contributed by atoms with Gasteiger partial charge in [0.2, 0.25) is 0 Å². The first-order valence-electron chi connectivity index (χ1n) is 5.75. The van der Waals surface area contributed by atoms with Crippen LogP contribution in [0.4, 0.5) is 0 Å². The highest BCUT2D eigenvalue weighted by Crippen LogP contribution is 2.26. The van der Waals surface area contributed by atoms with Crippen LogP contribution in [0, 0.1) is 0 Å². The van der Waals surface area contributed by atoms with E-state index in [1.807, 2.05) is 18.4 Å². The van der Waals surface area contributed by atoms with Gasteiger partial charge in [0, 0.05) is 13.7 Å². The second kappa shape index (κ2) is 6.19. The number of carbonyl (C=O) groups is 1. The summed E-state index contributed by atoms with van der Waals surface area (Å²) in [6, 6.07) is 0. The lowest BCUT2D eigenvalue weighted by atomic mass is 10.1. The van der Waals surface area contributed by atoms with Crippen molar-refractivity contribution in [2.24, 2.45) is 0 Å². The van der Waals surface area contributed by atoms with Gasteiger partial charge in [-0.1, -0.05) is 18.7 Å². The van der Waals surface area contributed by atoms with Gasteiger partial charge in [-0.3, -0.25) is 4.79 Å². The maximum Gasteiger partial charge on any atom is 0.313 e. The van der Waals surface area contributed by atoms with Gasteiger partial charge in [-0.2, -0.15) is 0 Å². The Morgan fingerprint density at radius 1 is 1.50 bits per heavy atom. The molecule has 0 bridgehead atoms. The minimum Gasteiger partial charge on any atom is -0.481 e. The second-order valence-electron chi connectivity index (χ2n) is 4.35. The number of nitrogens with zero attached hydrogens (tertiary/aromatic N) is 3. The van der Waals surface area contributed by atoms with E-state index in [1.54, 1.807) is 7.11 Å². The van der Waals surface area contributed by atoms with E-state index in [1.165, 1.54) is 11.8 Å². The summed E-state index contributed by atoms with van der Waals surface area (Å²) >= 11 is 1.18. The summed E-state index contributed by atoms with van der Waals surface area (Å²) in [5.74, 6) is -0.159. The van der Waals surface area contributed by atoms with Gasteiger partial charge in [-0.15, -0.1) is 10.2 Å². The fraction of sp³-hybridized carbons (Fsp3) is 0.727. The Bertz CT molecular complexity index is 418. The van der Waals surface area contributed by atoms with E-state index in [9.17, 15) is 4.79 Å². The van der Waals surface area contributed by atoms with Gasteiger partial charge in [0.05, 0.1) is 5.75 Å². The topological polar surface area (TPSA) is 77.2 Å². The maximum atomic E-state index is 10.6. The van der Waals surface area contributed by atoms with Crippen LogP contribution in [-0.4, -0.2) is 38.7 Å². The fourth-order valence-corrected chi connectivity index (χ4v) is 2.17. The van der Waals surface area contributed by atoms with Crippen molar-refractivity contribution in [3.05, 3.63) is 5.82 Å². The molecule has 0 radical (unpaired) electrons. The molecule has 1 heterocycles. The molecule has 1 N–H and O–H groups in total. The van der Waals surface area contributed by atoms with Crippen molar-refractivity contribution in [3.63, 3.8) is 0 Å². The molecule has 1 aromatic rings. The summed E-state index contributed by atoms with van der Waals surface area (Å²) in [7, 11) is 1.62. The van der Waals surface area contributed by atoms with Crippen LogP contribution >= 0.6 is 11.8 Å². The molecule has 0 atom stereocenters. The molecular formula is C11H19N3O3S. The Kier molecular flexibility index (Phi) is 5.15. The first-order valence-corrected chi connectivity index (χ1v) is 6.74. The summed E-state index contributed by atoms with van der Waals surface area (Å²) in [5, 5.41) is 17.5. The molecule has 0 saturated heterocycles. The lowest BCUT2D eigenvalue weighted by molar-refractivity contribution is -0.133. The fourth-order valence-electron chi connectivity index (χ4n) is 1.48. The molecule has 0 spiro atoms. The third-order valence-electron chi connectivity index (χ3n) is 2.54. The van der Waals surface area contributed by atoms with E-state index in [0.717, 1.165) is 18.8 Å². The van der Waals surface area contributed by atoms with Crippen molar-refractivity contribution in [1.29, 1.82) is 0 Å². The van der Waals surface area contributed by atoms with Crippen LogP contribution in [0.25, 0.3) is 0 Å². The number of carboxylic acid groups (broad SMARTS) is 1. The lowest BCUT2D eigenvalue weighted by Gasteiger charge is -2.22. The van der Waals surface area contributed by atoms with Crippen molar-refractivity contribution in [3.8, 4) is 0 Å². The molecule has 102 valence electrons. The zero-order valence-corrected chi connectivity index (χ0v) is 12.0. The van der Waals surface area contributed by atoms with Crippen molar-refractivity contribution in [2.75, 3.05) is 12.9 Å². The molecule has 0 aliphatic heterocycles. The Hall–Kier alpha value is -1.08. The molecule has 0 saturated carbocycles. The van der Waals surface area contributed by atoms with Crippen LogP contribution in [0.15, 0.2) is 5.16 Å². The largest absolute Gasteiger partial charge is 0.481 e. The number of carboxylic acids is 1. The summed E-state index contributed by atoms with van der Waals surface area (Å²) in [6.45, 7) is 6.62. The minimum atomic E-state index is -0.862. The van der Waals surface area contributed by atoms with Crippen LogP contribution in [0.2, 0.25) is 0 Å². The van der Waals surface area contributed by atoms with E-state index in [2.05, 4.69) is 17.1 Å². The molecular weight excluding hydrogens is 254 g/mol. The minimum absolute atomic E-state index is 0.0186. The highest BCUT2D eigenvalue weighted by molar-refractivity contribution is 7.99. The lowest BCUT2D eigenvalue weighted by Crippen LogP contribution is -2.25. The number of thioether (sulfide) groups is 1. The van der Waals surface area contributed by atoms with Gasteiger partial charge in [-0.25, -0.2) is 0 Å². The second-order valence-corrected chi connectivity index (χ2v) is 5.30. The Morgan fingerprint density at radius 3 is 2.67 bits per heavy atom. The first kappa shape index (κ1) is 15.0. The van der Waals surface area contributed by atoms with Crippen LogP contribution in [-0.2, 0) is 21.7 Å². The van der Waals surface area contributed by atoms with E-state index in [0.29, 0.717) is 5.16 Å². The zero-order valence-electron chi connectivity index (χ0n) is 11.1. The van der Waals surface area contributed by atoms with Crippen molar-refractivity contribution in [2.45, 2.75) is 44.5 Å². The standard InChI is InChI=1S/C11H19N3O3S/c1-5-6-14-9(11(2,3)17-4)12-13-10(14)18-7-8(15)16/h5-7H2,1-4H3,(H,15,16). The number of methoxy groups -OCH3 is 1. The number of aliphatic carboxylic acids is 1. The first-order chi connectivity index (χ1) is 8.42. The van der Waals surface area contributed by atoms with Gasteiger partial charge in [0.15, 0.2) is 11.0 Å². The number of hydrogen-bond donors (Lipinski definition) is 1. The molecule has 1 aromatic heterocycles. The molecule has 0 fully saturated rings. The average molecular weight is 273 g/mol. The summed E-state index contributed by atoms with van der Waals surface area (Å²) in [5.41, 5.74) is -0.537. The van der Waals surface area contributed by atoms with Gasteiger partial charge < -0.3 is 14.4 Å². The number of ether oxygens (including phenoxy) is 1. The molecule has 0 aliphatic carbocycles. The Labute approximate surface area is 111 Å². The quantitative estimate of drug-likeness (QED) is 0.763. The van der Waals surface area contributed by atoms with Crippen molar-refractivity contribution in [1.82, 2.24) is 14.8 Å². The Morgan fingerprint density at radius 2 is 2.17 bits per heavy atom. The molecule has 1 rings (SSSR count). The van der Waals surface area contributed by atoms with Gasteiger partial charge in [-0.05, 0) is 20.3 Å². The molecule has 0 unspecified atom stereocenters. The highest BCUT2D eigenvalue weighted by atomic mass is 32.2. The monoisotopic (exact) mass is 273 g/mol. The normalized spacial score (nSPS) is 11.8. The predicted octanol–water partition coefficient (Wildman–Crippen LogP) is 1.75. The van der Waals surface area contributed by atoms with E-state index >= 15 is 0 Å². The summed E-state index contributed by atoms with van der Waals surface area (Å²) in [4.78, 5) is 10.6. The van der Waals surface area contributed by atoms with E-state index in [-0.39, 0.29) is 5.75 Å². The van der Waals surface area contributed by atoms with Crippen LogP contribution < -0.4 is 0 Å². The maximum absolute atomic E-state index is 10.6. The Balaban J connectivity index is 3.02. The highest BCUT2D eigenvalue weighted by Gasteiger charge is 2.28. The van der Waals surface area contributed by atoms with Gasteiger partial charge in [0.1, 0.15) is 5.60 Å².